The third-order valence-corrected chi connectivity index (χ3v) is 2.42. The van der Waals surface area contributed by atoms with Crippen LogP contribution < -0.4 is 0 Å². The fraction of sp³-hybridized carbons (Fsp3) is 0.500. The van der Waals surface area contributed by atoms with Crippen molar-refractivity contribution in [2.24, 2.45) is 5.11 Å². The van der Waals surface area contributed by atoms with Crippen LogP contribution >= 0.6 is 0 Å². The maximum atomic E-state index is 8.25. The van der Waals surface area contributed by atoms with Crippen LogP contribution in [0.4, 0.5) is 5.69 Å². The number of nitrogens with zero attached hydrogens (tertiary/aromatic N) is 3. The Balaban J connectivity index is 2.39. The number of aryl methyl sites for hydroxylation is 1. The van der Waals surface area contributed by atoms with Crippen LogP contribution in [0.3, 0.4) is 0 Å². The van der Waals surface area contributed by atoms with E-state index in [4.69, 9.17) is 5.53 Å². The zero-order valence-electron chi connectivity index (χ0n) is 9.19. The first kappa shape index (κ1) is 11.6. The minimum atomic E-state index is 0.690. The van der Waals surface area contributed by atoms with Crippen molar-refractivity contribution in [3.8, 4) is 0 Å². The molecule has 1 rings (SSSR count). The van der Waals surface area contributed by atoms with Gasteiger partial charge < -0.3 is 0 Å². The molecule has 0 aliphatic heterocycles. The lowest BCUT2D eigenvalue weighted by Gasteiger charge is -2.01. The first-order chi connectivity index (χ1) is 7.36. The Morgan fingerprint density at radius 1 is 1.13 bits per heavy atom. The van der Waals surface area contributed by atoms with E-state index in [1.165, 1.54) is 31.2 Å². The molecule has 0 N–H and O–H groups in total. The molecule has 3 heteroatoms. The van der Waals surface area contributed by atoms with E-state index in [1.54, 1.807) is 0 Å². The van der Waals surface area contributed by atoms with Gasteiger partial charge in [0.15, 0.2) is 0 Å². The molecule has 1 aromatic rings. The Morgan fingerprint density at radius 2 is 1.87 bits per heavy atom. The summed E-state index contributed by atoms with van der Waals surface area (Å²) in [4.78, 5) is 2.75. The van der Waals surface area contributed by atoms with Crippen molar-refractivity contribution in [3.63, 3.8) is 0 Å². The van der Waals surface area contributed by atoms with Crippen molar-refractivity contribution in [2.75, 3.05) is 0 Å². The van der Waals surface area contributed by atoms with E-state index in [1.807, 2.05) is 24.3 Å². The Kier molecular flexibility index (Phi) is 5.34. The number of hydrogen-bond donors (Lipinski definition) is 0. The average Bonchev–Trinajstić information content (AvgIpc) is 2.27. The zero-order valence-corrected chi connectivity index (χ0v) is 9.19. The molecule has 0 aromatic heterocycles. The van der Waals surface area contributed by atoms with Gasteiger partial charge in [-0.1, -0.05) is 55.6 Å². The van der Waals surface area contributed by atoms with Crippen molar-refractivity contribution in [1.29, 1.82) is 0 Å². The lowest BCUT2D eigenvalue weighted by Crippen LogP contribution is -1.84. The molecule has 0 unspecified atom stereocenters. The molecule has 0 atom stereocenters. The second-order valence-corrected chi connectivity index (χ2v) is 3.67. The Morgan fingerprint density at radius 3 is 2.47 bits per heavy atom. The van der Waals surface area contributed by atoms with Crippen LogP contribution in [-0.4, -0.2) is 0 Å². The molecule has 0 bridgehead atoms. The van der Waals surface area contributed by atoms with Crippen LogP contribution in [-0.2, 0) is 6.42 Å². The van der Waals surface area contributed by atoms with E-state index < -0.39 is 0 Å². The van der Waals surface area contributed by atoms with Crippen LogP contribution in [0.5, 0.6) is 0 Å². The van der Waals surface area contributed by atoms with E-state index in [0.717, 1.165) is 6.42 Å². The van der Waals surface area contributed by atoms with Crippen LogP contribution in [0.15, 0.2) is 29.4 Å². The Labute approximate surface area is 90.8 Å². The van der Waals surface area contributed by atoms with Crippen molar-refractivity contribution < 1.29 is 0 Å². The summed E-state index contributed by atoms with van der Waals surface area (Å²) in [6.45, 7) is 2.22. The predicted octanol–water partition coefficient (Wildman–Crippen LogP) is 4.75. The van der Waals surface area contributed by atoms with Crippen LogP contribution in [0.25, 0.3) is 10.4 Å². The zero-order chi connectivity index (χ0) is 10.9. The summed E-state index contributed by atoms with van der Waals surface area (Å²) in [7, 11) is 0. The van der Waals surface area contributed by atoms with Gasteiger partial charge in [-0.05, 0) is 23.9 Å². The summed E-state index contributed by atoms with van der Waals surface area (Å²) in [5.74, 6) is 0. The highest BCUT2D eigenvalue weighted by molar-refractivity contribution is 5.38. The highest BCUT2D eigenvalue weighted by atomic mass is 15.1. The summed E-state index contributed by atoms with van der Waals surface area (Å²) in [6.07, 6.45) is 6.26. The summed E-state index contributed by atoms with van der Waals surface area (Å²) in [5.41, 5.74) is 10.3. The molecule has 0 saturated heterocycles. The molecular weight excluding hydrogens is 186 g/mol. The summed E-state index contributed by atoms with van der Waals surface area (Å²) in [5, 5.41) is 3.54. The van der Waals surface area contributed by atoms with Gasteiger partial charge in [-0.25, -0.2) is 0 Å². The molecule has 0 aliphatic carbocycles. The van der Waals surface area contributed by atoms with E-state index in [-0.39, 0.29) is 0 Å². The minimum absolute atomic E-state index is 0.690. The quantitative estimate of drug-likeness (QED) is 0.277. The van der Waals surface area contributed by atoms with Gasteiger partial charge in [0, 0.05) is 10.6 Å². The molecule has 0 aliphatic rings. The van der Waals surface area contributed by atoms with E-state index >= 15 is 0 Å². The number of azide groups is 1. The minimum Gasteiger partial charge on any atom is -0.0654 e. The summed E-state index contributed by atoms with van der Waals surface area (Å²) in [6, 6.07) is 7.82. The van der Waals surface area contributed by atoms with E-state index in [0.29, 0.717) is 5.69 Å². The predicted molar refractivity (Wildman–Crippen MR) is 63.1 cm³/mol. The molecular formula is C12H17N3. The monoisotopic (exact) mass is 203 g/mol. The smallest absolute Gasteiger partial charge is 0.0375 e. The average molecular weight is 203 g/mol. The van der Waals surface area contributed by atoms with Crippen molar-refractivity contribution in [3.05, 3.63) is 40.3 Å². The number of hydrogen-bond acceptors (Lipinski definition) is 1. The van der Waals surface area contributed by atoms with Gasteiger partial charge in [0.2, 0.25) is 0 Å². The number of rotatable bonds is 6. The fourth-order valence-electron chi connectivity index (χ4n) is 1.54. The molecule has 0 spiro atoms. The number of unbranched alkanes of at least 4 members (excludes halogenated alkanes) is 3. The first-order valence-corrected chi connectivity index (χ1v) is 5.51. The molecule has 0 fully saturated rings. The van der Waals surface area contributed by atoms with Crippen molar-refractivity contribution >= 4 is 5.69 Å². The third kappa shape index (κ3) is 4.52. The molecule has 0 saturated carbocycles. The topological polar surface area (TPSA) is 48.8 Å². The van der Waals surface area contributed by atoms with E-state index in [9.17, 15) is 0 Å². The number of benzene rings is 1. The second-order valence-electron chi connectivity index (χ2n) is 3.67. The SMILES string of the molecule is CCCCCCc1ccc(N=[N+]=[N-])cc1. The second kappa shape index (κ2) is 6.91. The summed E-state index contributed by atoms with van der Waals surface area (Å²) < 4.78 is 0. The highest BCUT2D eigenvalue weighted by Gasteiger charge is 1.93. The van der Waals surface area contributed by atoms with Crippen LogP contribution in [0.1, 0.15) is 38.2 Å². The van der Waals surface area contributed by atoms with Crippen LogP contribution in [0.2, 0.25) is 0 Å². The largest absolute Gasteiger partial charge is 0.0654 e. The van der Waals surface area contributed by atoms with Gasteiger partial charge in [0.25, 0.3) is 0 Å². The molecule has 3 nitrogen and oxygen atoms in total. The van der Waals surface area contributed by atoms with Crippen molar-refractivity contribution in [2.45, 2.75) is 39.0 Å². The van der Waals surface area contributed by atoms with Gasteiger partial charge in [-0.15, -0.1) is 0 Å². The molecule has 1 aromatic carbocycles. The standard InChI is InChI=1S/C12H17N3/c1-2-3-4-5-6-11-7-9-12(10-8-11)14-15-13/h7-10H,2-6H2,1H3. The highest BCUT2D eigenvalue weighted by Crippen LogP contribution is 2.15. The Hall–Kier alpha value is -1.47. The maximum absolute atomic E-state index is 8.25. The lowest BCUT2D eigenvalue weighted by molar-refractivity contribution is 0.667. The van der Waals surface area contributed by atoms with Gasteiger partial charge in [0.1, 0.15) is 0 Å². The van der Waals surface area contributed by atoms with Gasteiger partial charge in [-0.2, -0.15) is 0 Å². The molecule has 0 radical (unpaired) electrons. The van der Waals surface area contributed by atoms with Crippen molar-refractivity contribution in [1.82, 2.24) is 0 Å². The first-order valence-electron chi connectivity index (χ1n) is 5.51. The molecule has 0 amide bonds. The molecule has 15 heavy (non-hydrogen) atoms. The molecule has 80 valence electrons. The third-order valence-electron chi connectivity index (χ3n) is 2.42. The molecule has 0 heterocycles. The van der Waals surface area contributed by atoms with Gasteiger partial charge in [0.05, 0.1) is 0 Å². The van der Waals surface area contributed by atoms with Crippen LogP contribution in [0, 0.1) is 0 Å². The van der Waals surface area contributed by atoms with Gasteiger partial charge in [-0.3, -0.25) is 0 Å². The van der Waals surface area contributed by atoms with Gasteiger partial charge >= 0.3 is 0 Å². The van der Waals surface area contributed by atoms with E-state index in [2.05, 4.69) is 16.9 Å². The fourth-order valence-corrected chi connectivity index (χ4v) is 1.54. The summed E-state index contributed by atoms with van der Waals surface area (Å²) >= 11 is 0. The maximum Gasteiger partial charge on any atom is 0.0375 e. The lowest BCUT2D eigenvalue weighted by atomic mass is 10.1. The Bertz CT molecular complexity index is 323. The normalized spacial score (nSPS) is 9.67.